The smallest absolute Gasteiger partial charge is 0.255 e. The number of hydrogen-bond acceptors (Lipinski definition) is 5. The van der Waals surface area contributed by atoms with E-state index in [2.05, 4.69) is 5.32 Å². The minimum absolute atomic E-state index is 0.0136. The van der Waals surface area contributed by atoms with Crippen molar-refractivity contribution in [2.24, 2.45) is 5.14 Å². The van der Waals surface area contributed by atoms with Gasteiger partial charge in [0.1, 0.15) is 15.8 Å². The molecule has 0 saturated heterocycles. The molecule has 6 nitrogen and oxygen atoms in total. The second-order valence-electron chi connectivity index (χ2n) is 4.11. The van der Waals surface area contributed by atoms with Crippen LogP contribution in [0.2, 0.25) is 0 Å². The molecule has 0 bridgehead atoms. The predicted molar refractivity (Wildman–Crippen MR) is 74.9 cm³/mol. The Morgan fingerprint density at radius 2 is 2.05 bits per heavy atom. The Morgan fingerprint density at radius 3 is 2.67 bits per heavy atom. The van der Waals surface area contributed by atoms with E-state index in [4.69, 9.17) is 5.14 Å². The van der Waals surface area contributed by atoms with Crippen molar-refractivity contribution in [1.82, 2.24) is 5.32 Å². The minimum atomic E-state index is -3.77. The highest BCUT2D eigenvalue weighted by Gasteiger charge is 2.14. The lowest BCUT2D eigenvalue weighted by atomic mass is 10.2. The molecule has 9 heteroatoms. The molecule has 112 valence electrons. The number of phenols is 1. The van der Waals surface area contributed by atoms with Crippen LogP contribution in [0.4, 0.5) is 4.39 Å². The van der Waals surface area contributed by atoms with Crippen LogP contribution in [-0.2, 0) is 16.6 Å². The van der Waals surface area contributed by atoms with Crippen molar-refractivity contribution < 1.29 is 22.7 Å². The SMILES string of the molecule is NS(=O)(=O)c1ccc(CNC(=O)c2cc(F)ccc2O)s1. The van der Waals surface area contributed by atoms with Crippen LogP contribution in [0.3, 0.4) is 0 Å². The normalized spacial score (nSPS) is 11.3. The van der Waals surface area contributed by atoms with E-state index in [-0.39, 0.29) is 22.1 Å². The summed E-state index contributed by atoms with van der Waals surface area (Å²) in [6.07, 6.45) is 0. The van der Waals surface area contributed by atoms with E-state index in [1.165, 1.54) is 12.1 Å². The van der Waals surface area contributed by atoms with Crippen LogP contribution in [0.5, 0.6) is 5.75 Å². The van der Waals surface area contributed by atoms with Crippen molar-refractivity contribution in [1.29, 1.82) is 0 Å². The minimum Gasteiger partial charge on any atom is -0.507 e. The first-order valence-corrected chi connectivity index (χ1v) is 8.02. The number of primary sulfonamides is 1. The third-order valence-electron chi connectivity index (χ3n) is 2.54. The number of aromatic hydroxyl groups is 1. The quantitative estimate of drug-likeness (QED) is 0.781. The number of benzene rings is 1. The van der Waals surface area contributed by atoms with E-state index >= 15 is 0 Å². The molecule has 0 aliphatic heterocycles. The molecule has 0 aliphatic rings. The van der Waals surface area contributed by atoms with Gasteiger partial charge < -0.3 is 10.4 Å². The molecule has 0 aliphatic carbocycles. The fourth-order valence-corrected chi connectivity index (χ4v) is 3.28. The topological polar surface area (TPSA) is 109 Å². The molecule has 0 unspecified atom stereocenters. The number of carbonyl (C=O) groups is 1. The van der Waals surface area contributed by atoms with Crippen LogP contribution < -0.4 is 10.5 Å². The Kier molecular flexibility index (Phi) is 4.26. The first-order valence-electron chi connectivity index (χ1n) is 5.65. The Labute approximate surface area is 124 Å². The number of sulfonamides is 1. The number of halogens is 1. The first kappa shape index (κ1) is 15.4. The summed E-state index contributed by atoms with van der Waals surface area (Å²) in [5.74, 6) is -1.66. The van der Waals surface area contributed by atoms with Crippen LogP contribution in [0.1, 0.15) is 15.2 Å². The number of rotatable bonds is 4. The molecule has 0 fully saturated rings. The number of amides is 1. The molecule has 0 radical (unpaired) electrons. The standard InChI is InChI=1S/C12H11FN2O4S2/c13-7-1-3-10(16)9(5-7)12(17)15-6-8-2-4-11(20-8)21(14,18)19/h1-5,16H,6H2,(H,15,17)(H2,14,18,19). The fourth-order valence-electron chi connectivity index (χ4n) is 1.56. The molecular formula is C12H11FN2O4S2. The van der Waals surface area contributed by atoms with Crippen LogP contribution in [0, 0.1) is 5.82 Å². The van der Waals surface area contributed by atoms with E-state index in [1.807, 2.05) is 0 Å². The summed E-state index contributed by atoms with van der Waals surface area (Å²) in [5, 5.41) is 16.9. The first-order chi connectivity index (χ1) is 9.77. The maximum Gasteiger partial charge on any atom is 0.255 e. The third kappa shape index (κ3) is 3.78. The molecule has 1 amide bonds. The van der Waals surface area contributed by atoms with Gasteiger partial charge in [-0.15, -0.1) is 11.3 Å². The molecule has 0 saturated carbocycles. The van der Waals surface area contributed by atoms with E-state index < -0.39 is 21.7 Å². The van der Waals surface area contributed by atoms with Gasteiger partial charge in [0.05, 0.1) is 12.1 Å². The van der Waals surface area contributed by atoms with Gasteiger partial charge in [0.25, 0.3) is 5.91 Å². The van der Waals surface area contributed by atoms with Gasteiger partial charge in [-0.1, -0.05) is 0 Å². The molecular weight excluding hydrogens is 319 g/mol. The van der Waals surface area contributed by atoms with Crippen molar-refractivity contribution in [3.63, 3.8) is 0 Å². The van der Waals surface area contributed by atoms with Gasteiger partial charge in [-0.05, 0) is 30.3 Å². The van der Waals surface area contributed by atoms with Crippen molar-refractivity contribution in [3.05, 3.63) is 46.6 Å². The number of thiophene rings is 1. The molecule has 21 heavy (non-hydrogen) atoms. The van der Waals surface area contributed by atoms with Crippen molar-refractivity contribution in [2.75, 3.05) is 0 Å². The van der Waals surface area contributed by atoms with E-state index in [9.17, 15) is 22.7 Å². The van der Waals surface area contributed by atoms with Crippen molar-refractivity contribution >= 4 is 27.3 Å². The van der Waals surface area contributed by atoms with Gasteiger partial charge in [0, 0.05) is 4.88 Å². The summed E-state index contributed by atoms with van der Waals surface area (Å²) in [5.41, 5.74) is -0.196. The largest absolute Gasteiger partial charge is 0.507 e. The Balaban J connectivity index is 2.08. The lowest BCUT2D eigenvalue weighted by Crippen LogP contribution is -2.22. The van der Waals surface area contributed by atoms with Gasteiger partial charge in [-0.3, -0.25) is 4.79 Å². The lowest BCUT2D eigenvalue weighted by molar-refractivity contribution is 0.0948. The summed E-state index contributed by atoms with van der Waals surface area (Å²) in [6, 6.07) is 5.87. The maximum atomic E-state index is 13.0. The number of carbonyl (C=O) groups excluding carboxylic acids is 1. The van der Waals surface area contributed by atoms with Gasteiger partial charge in [0.2, 0.25) is 10.0 Å². The Bertz CT molecular complexity index is 786. The monoisotopic (exact) mass is 330 g/mol. The summed E-state index contributed by atoms with van der Waals surface area (Å²) in [6.45, 7) is 0.0367. The fraction of sp³-hybridized carbons (Fsp3) is 0.0833. The van der Waals surface area contributed by atoms with Crippen LogP contribution in [0.25, 0.3) is 0 Å². The van der Waals surface area contributed by atoms with Gasteiger partial charge in [-0.25, -0.2) is 17.9 Å². The second kappa shape index (κ2) is 5.80. The Morgan fingerprint density at radius 1 is 1.33 bits per heavy atom. The molecule has 2 rings (SSSR count). The molecule has 1 aromatic carbocycles. The molecule has 1 heterocycles. The molecule has 0 atom stereocenters. The van der Waals surface area contributed by atoms with Crippen LogP contribution in [-0.4, -0.2) is 19.4 Å². The summed E-state index contributed by atoms with van der Waals surface area (Å²) >= 11 is 0.920. The zero-order valence-corrected chi connectivity index (χ0v) is 12.2. The average Bonchev–Trinajstić information content (AvgIpc) is 2.87. The van der Waals surface area contributed by atoms with Crippen LogP contribution >= 0.6 is 11.3 Å². The Hall–Kier alpha value is -1.97. The summed E-state index contributed by atoms with van der Waals surface area (Å²) < 4.78 is 35.3. The van der Waals surface area contributed by atoms with Crippen LogP contribution in [0.15, 0.2) is 34.5 Å². The van der Waals surface area contributed by atoms with E-state index in [0.29, 0.717) is 4.88 Å². The second-order valence-corrected chi connectivity index (χ2v) is 7.07. The van der Waals surface area contributed by atoms with Crippen molar-refractivity contribution in [2.45, 2.75) is 10.8 Å². The molecule has 4 N–H and O–H groups in total. The predicted octanol–water partition coefficient (Wildman–Crippen LogP) is 1.17. The number of nitrogens with one attached hydrogen (secondary N) is 1. The highest BCUT2D eigenvalue weighted by atomic mass is 32.2. The summed E-state index contributed by atoms with van der Waals surface area (Å²) in [4.78, 5) is 12.4. The van der Waals surface area contributed by atoms with E-state index in [1.54, 1.807) is 0 Å². The van der Waals surface area contributed by atoms with Gasteiger partial charge in [0.15, 0.2) is 0 Å². The van der Waals surface area contributed by atoms with Gasteiger partial charge in [-0.2, -0.15) is 0 Å². The number of phenolic OH excluding ortho intramolecular Hbond substituents is 1. The average molecular weight is 330 g/mol. The maximum absolute atomic E-state index is 13.0. The van der Waals surface area contributed by atoms with Gasteiger partial charge >= 0.3 is 0 Å². The van der Waals surface area contributed by atoms with E-state index in [0.717, 1.165) is 29.5 Å². The molecule has 2 aromatic rings. The highest BCUT2D eigenvalue weighted by Crippen LogP contribution is 2.21. The van der Waals surface area contributed by atoms with Crippen molar-refractivity contribution in [3.8, 4) is 5.75 Å². The number of hydrogen-bond donors (Lipinski definition) is 3. The lowest BCUT2D eigenvalue weighted by Gasteiger charge is -2.05. The molecule has 0 spiro atoms. The summed E-state index contributed by atoms with van der Waals surface area (Å²) in [7, 11) is -3.77. The zero-order valence-electron chi connectivity index (χ0n) is 10.5. The third-order valence-corrected chi connectivity index (χ3v) is 5.07. The number of nitrogens with two attached hydrogens (primary N) is 1. The zero-order chi connectivity index (χ0) is 15.6. The molecule has 1 aromatic heterocycles. The highest BCUT2D eigenvalue weighted by molar-refractivity contribution is 7.91.